The fourth-order valence-corrected chi connectivity index (χ4v) is 2.04. The minimum atomic E-state index is -0.173. The smallest absolute Gasteiger partial charge is 0.125 e. The molecule has 0 saturated carbocycles. The van der Waals surface area contributed by atoms with Crippen molar-refractivity contribution in [1.82, 2.24) is 0 Å². The average molecular weight is 274 g/mol. The van der Waals surface area contributed by atoms with Gasteiger partial charge in [0.05, 0.1) is 13.2 Å². The molecule has 1 saturated heterocycles. The zero-order valence-electron chi connectivity index (χ0n) is 8.38. The van der Waals surface area contributed by atoms with Crippen LogP contribution in [0.4, 0.5) is 10.1 Å². The highest BCUT2D eigenvalue weighted by atomic mass is 79.9. The first-order valence-corrected chi connectivity index (χ1v) is 6.10. The monoisotopic (exact) mass is 273 g/mol. The van der Waals surface area contributed by atoms with Gasteiger partial charge in [-0.2, -0.15) is 0 Å². The number of morpholine rings is 1. The zero-order chi connectivity index (χ0) is 10.7. The van der Waals surface area contributed by atoms with Crippen molar-refractivity contribution in [2.24, 2.45) is 0 Å². The van der Waals surface area contributed by atoms with Crippen LogP contribution >= 0.6 is 15.9 Å². The molecule has 1 aliphatic rings. The summed E-state index contributed by atoms with van der Waals surface area (Å²) in [7, 11) is 0. The highest BCUT2D eigenvalue weighted by molar-refractivity contribution is 9.08. The molecule has 0 N–H and O–H groups in total. The molecule has 4 heteroatoms. The van der Waals surface area contributed by atoms with E-state index in [4.69, 9.17) is 4.74 Å². The van der Waals surface area contributed by atoms with E-state index in [0.29, 0.717) is 5.33 Å². The van der Waals surface area contributed by atoms with Crippen molar-refractivity contribution in [3.63, 3.8) is 0 Å². The van der Waals surface area contributed by atoms with Crippen LogP contribution in [0.5, 0.6) is 0 Å². The molecule has 0 amide bonds. The lowest BCUT2D eigenvalue weighted by molar-refractivity contribution is 0.122. The fraction of sp³-hybridized carbons (Fsp3) is 0.455. The van der Waals surface area contributed by atoms with E-state index in [0.717, 1.165) is 37.6 Å². The molecule has 15 heavy (non-hydrogen) atoms. The third-order valence-corrected chi connectivity index (χ3v) is 3.12. The number of nitrogens with zero attached hydrogens (tertiary/aromatic N) is 1. The third kappa shape index (κ3) is 2.69. The number of benzene rings is 1. The summed E-state index contributed by atoms with van der Waals surface area (Å²) in [6, 6.07) is 5.15. The lowest BCUT2D eigenvalue weighted by Gasteiger charge is -2.29. The van der Waals surface area contributed by atoms with E-state index in [1.54, 1.807) is 12.1 Å². The first kappa shape index (κ1) is 10.9. The van der Waals surface area contributed by atoms with Crippen molar-refractivity contribution in [2.45, 2.75) is 5.33 Å². The molecular weight excluding hydrogens is 261 g/mol. The Bertz CT molecular complexity index is 339. The van der Waals surface area contributed by atoms with Crippen LogP contribution in [0, 0.1) is 5.82 Å². The summed E-state index contributed by atoms with van der Waals surface area (Å²) in [5, 5.41) is 0.683. The Morgan fingerprint density at radius 3 is 2.67 bits per heavy atom. The van der Waals surface area contributed by atoms with Gasteiger partial charge in [0, 0.05) is 24.1 Å². The predicted octanol–water partition coefficient (Wildman–Crippen LogP) is 2.56. The maximum absolute atomic E-state index is 13.3. The lowest BCUT2D eigenvalue weighted by Crippen LogP contribution is -2.36. The van der Waals surface area contributed by atoms with Crippen molar-refractivity contribution >= 4 is 21.6 Å². The summed E-state index contributed by atoms with van der Waals surface area (Å²) in [5.41, 5.74) is 1.92. The molecule has 2 nitrogen and oxygen atoms in total. The Morgan fingerprint density at radius 1 is 1.27 bits per heavy atom. The Balaban J connectivity index is 2.22. The van der Waals surface area contributed by atoms with Crippen molar-refractivity contribution in [2.75, 3.05) is 31.2 Å². The quantitative estimate of drug-likeness (QED) is 0.768. The minimum Gasteiger partial charge on any atom is -0.378 e. The van der Waals surface area contributed by atoms with E-state index in [1.165, 1.54) is 0 Å². The topological polar surface area (TPSA) is 12.5 Å². The second kappa shape index (κ2) is 4.94. The summed E-state index contributed by atoms with van der Waals surface area (Å²) in [6.07, 6.45) is 0. The van der Waals surface area contributed by atoms with E-state index < -0.39 is 0 Å². The Morgan fingerprint density at radius 2 is 2.00 bits per heavy atom. The molecule has 1 fully saturated rings. The van der Waals surface area contributed by atoms with Crippen LogP contribution in [0.25, 0.3) is 0 Å². The Hall–Kier alpha value is -0.610. The Kier molecular flexibility index (Phi) is 3.59. The summed E-state index contributed by atoms with van der Waals surface area (Å²) in [5.74, 6) is -0.173. The van der Waals surface area contributed by atoms with Gasteiger partial charge in [-0.15, -0.1) is 0 Å². The number of halogens is 2. The third-order valence-electron chi connectivity index (χ3n) is 2.47. The summed E-state index contributed by atoms with van der Waals surface area (Å²) in [6.45, 7) is 3.12. The molecule has 82 valence electrons. The highest BCUT2D eigenvalue weighted by Crippen LogP contribution is 2.21. The number of alkyl halides is 1. The molecule has 0 atom stereocenters. The van der Waals surface area contributed by atoms with E-state index in [9.17, 15) is 4.39 Å². The largest absolute Gasteiger partial charge is 0.378 e. The number of hydrogen-bond donors (Lipinski definition) is 0. The van der Waals surface area contributed by atoms with Crippen molar-refractivity contribution in [3.05, 3.63) is 29.6 Å². The summed E-state index contributed by atoms with van der Waals surface area (Å²) in [4.78, 5) is 2.15. The lowest BCUT2D eigenvalue weighted by atomic mass is 10.2. The first-order chi connectivity index (χ1) is 7.29. The molecule has 1 aliphatic heterocycles. The number of rotatable bonds is 2. The Labute approximate surface area is 97.2 Å². The maximum atomic E-state index is 13.3. The molecule has 0 radical (unpaired) electrons. The molecule has 1 aromatic rings. The molecule has 0 bridgehead atoms. The van der Waals surface area contributed by atoms with Gasteiger partial charge in [-0.25, -0.2) is 4.39 Å². The molecule has 2 rings (SSSR count). The molecule has 0 spiro atoms. The van der Waals surface area contributed by atoms with Gasteiger partial charge in [0.25, 0.3) is 0 Å². The molecular formula is C11H13BrFNO. The number of hydrogen-bond acceptors (Lipinski definition) is 2. The summed E-state index contributed by atoms with van der Waals surface area (Å²) >= 11 is 3.34. The van der Waals surface area contributed by atoms with Gasteiger partial charge in [0.2, 0.25) is 0 Å². The van der Waals surface area contributed by atoms with E-state index in [1.807, 2.05) is 6.07 Å². The molecule has 0 aliphatic carbocycles. The van der Waals surface area contributed by atoms with Crippen LogP contribution in [-0.4, -0.2) is 26.3 Å². The normalized spacial score (nSPS) is 16.8. The number of anilines is 1. The van der Waals surface area contributed by atoms with Gasteiger partial charge >= 0.3 is 0 Å². The van der Waals surface area contributed by atoms with Gasteiger partial charge < -0.3 is 9.64 Å². The molecule has 0 aromatic heterocycles. The van der Waals surface area contributed by atoms with Crippen LogP contribution in [0.15, 0.2) is 18.2 Å². The van der Waals surface area contributed by atoms with Crippen LogP contribution in [0.3, 0.4) is 0 Å². The second-order valence-electron chi connectivity index (χ2n) is 3.55. The van der Waals surface area contributed by atoms with Gasteiger partial charge in [-0.3, -0.25) is 0 Å². The first-order valence-electron chi connectivity index (χ1n) is 4.98. The van der Waals surface area contributed by atoms with Crippen LogP contribution in [-0.2, 0) is 10.1 Å². The van der Waals surface area contributed by atoms with Crippen LogP contribution in [0.1, 0.15) is 5.56 Å². The van der Waals surface area contributed by atoms with Crippen molar-refractivity contribution < 1.29 is 9.13 Å². The predicted molar refractivity (Wildman–Crippen MR) is 62.1 cm³/mol. The van der Waals surface area contributed by atoms with E-state index >= 15 is 0 Å². The van der Waals surface area contributed by atoms with Gasteiger partial charge in [0.15, 0.2) is 0 Å². The molecule has 1 aromatic carbocycles. The van der Waals surface area contributed by atoms with E-state index in [2.05, 4.69) is 20.8 Å². The molecule has 0 unspecified atom stereocenters. The standard InChI is InChI=1S/C11H13BrFNO/c12-8-9-5-10(13)7-11(6-9)14-1-3-15-4-2-14/h5-7H,1-4,8H2. The van der Waals surface area contributed by atoms with Crippen LogP contribution < -0.4 is 4.90 Å². The maximum Gasteiger partial charge on any atom is 0.125 e. The number of ether oxygens (including phenoxy) is 1. The highest BCUT2D eigenvalue weighted by Gasteiger charge is 2.12. The van der Waals surface area contributed by atoms with E-state index in [-0.39, 0.29) is 5.82 Å². The summed E-state index contributed by atoms with van der Waals surface area (Å²) < 4.78 is 18.6. The second-order valence-corrected chi connectivity index (χ2v) is 4.11. The zero-order valence-corrected chi connectivity index (χ0v) is 9.96. The van der Waals surface area contributed by atoms with Gasteiger partial charge in [-0.1, -0.05) is 15.9 Å². The van der Waals surface area contributed by atoms with Crippen molar-refractivity contribution in [1.29, 1.82) is 0 Å². The van der Waals surface area contributed by atoms with Gasteiger partial charge in [0.1, 0.15) is 5.82 Å². The van der Waals surface area contributed by atoms with Crippen LogP contribution in [0.2, 0.25) is 0 Å². The molecule has 1 heterocycles. The minimum absolute atomic E-state index is 0.173. The van der Waals surface area contributed by atoms with Gasteiger partial charge in [-0.05, 0) is 23.8 Å². The fourth-order valence-electron chi connectivity index (χ4n) is 1.71. The SMILES string of the molecule is Fc1cc(CBr)cc(N2CCOCC2)c1. The van der Waals surface area contributed by atoms with Crippen molar-refractivity contribution in [3.8, 4) is 0 Å². The average Bonchev–Trinajstić information content (AvgIpc) is 2.29.